The molecule has 0 aromatic heterocycles. The molecule has 0 fully saturated rings. The van der Waals surface area contributed by atoms with Gasteiger partial charge >= 0.3 is 0 Å². The van der Waals surface area contributed by atoms with Gasteiger partial charge in [0.2, 0.25) is 5.91 Å². The van der Waals surface area contributed by atoms with Crippen molar-refractivity contribution in [1.82, 2.24) is 5.32 Å². The van der Waals surface area contributed by atoms with Crippen molar-refractivity contribution in [2.75, 3.05) is 0 Å². The summed E-state index contributed by atoms with van der Waals surface area (Å²) in [4.78, 5) is 11.4. The zero-order chi connectivity index (χ0) is 12.5. The molecular formula is C13H18N2O2. The first-order valence-corrected chi connectivity index (χ1v) is 5.79. The van der Waals surface area contributed by atoms with Crippen molar-refractivity contribution in [1.29, 1.82) is 0 Å². The highest BCUT2D eigenvalue weighted by molar-refractivity contribution is 5.79. The molecule has 0 spiro atoms. The molecule has 0 saturated carbocycles. The fourth-order valence-corrected chi connectivity index (χ4v) is 1.48. The van der Waals surface area contributed by atoms with Crippen molar-refractivity contribution >= 4 is 12.1 Å². The normalized spacial score (nSPS) is 10.6. The number of hydrogen-bond donors (Lipinski definition) is 2. The molecule has 1 aromatic rings. The largest absolute Gasteiger partial charge is 0.411 e. The van der Waals surface area contributed by atoms with Crippen LogP contribution >= 0.6 is 0 Å². The van der Waals surface area contributed by atoms with Gasteiger partial charge in [-0.2, -0.15) is 0 Å². The number of carbonyl (C=O) groups excluding carboxylic acids is 1. The van der Waals surface area contributed by atoms with Crippen molar-refractivity contribution in [3.05, 3.63) is 35.4 Å². The number of amides is 1. The predicted molar refractivity (Wildman–Crippen MR) is 67.2 cm³/mol. The first-order valence-electron chi connectivity index (χ1n) is 5.79. The van der Waals surface area contributed by atoms with E-state index in [9.17, 15) is 4.79 Å². The molecule has 0 atom stereocenters. The van der Waals surface area contributed by atoms with Crippen LogP contribution in [0.3, 0.4) is 0 Å². The molecular weight excluding hydrogens is 216 g/mol. The Morgan fingerprint density at radius 2 is 2.35 bits per heavy atom. The van der Waals surface area contributed by atoms with Gasteiger partial charge in [-0.3, -0.25) is 4.79 Å². The van der Waals surface area contributed by atoms with Crippen LogP contribution in [0.15, 0.2) is 29.4 Å². The van der Waals surface area contributed by atoms with E-state index in [1.165, 1.54) is 6.21 Å². The lowest BCUT2D eigenvalue weighted by molar-refractivity contribution is -0.121. The van der Waals surface area contributed by atoms with E-state index >= 15 is 0 Å². The fourth-order valence-electron chi connectivity index (χ4n) is 1.48. The molecule has 1 aromatic carbocycles. The number of carbonyl (C=O) groups is 1. The first kappa shape index (κ1) is 13.2. The second kappa shape index (κ2) is 7.44. The third-order valence-electron chi connectivity index (χ3n) is 2.40. The summed E-state index contributed by atoms with van der Waals surface area (Å²) >= 11 is 0. The smallest absolute Gasteiger partial charge is 0.220 e. The van der Waals surface area contributed by atoms with Gasteiger partial charge in [0.15, 0.2) is 0 Å². The fraction of sp³-hybridized carbons (Fsp3) is 0.385. The lowest BCUT2D eigenvalue weighted by Crippen LogP contribution is -2.22. The Morgan fingerprint density at radius 1 is 1.53 bits per heavy atom. The Balaban J connectivity index is 2.46. The number of nitrogens with one attached hydrogen (secondary N) is 1. The lowest BCUT2D eigenvalue weighted by Gasteiger charge is -2.05. The molecule has 4 nitrogen and oxygen atoms in total. The SMILES string of the molecule is CCCCC(=O)NCc1cccc(/C=N/O)c1. The highest BCUT2D eigenvalue weighted by atomic mass is 16.4. The summed E-state index contributed by atoms with van der Waals surface area (Å²) in [5, 5.41) is 14.3. The molecule has 4 heteroatoms. The number of unbranched alkanes of at least 4 members (excludes halogenated alkanes) is 1. The highest BCUT2D eigenvalue weighted by Crippen LogP contribution is 2.03. The van der Waals surface area contributed by atoms with Crippen molar-refractivity contribution in [2.45, 2.75) is 32.7 Å². The van der Waals surface area contributed by atoms with E-state index in [4.69, 9.17) is 5.21 Å². The van der Waals surface area contributed by atoms with Crippen LogP contribution in [0.2, 0.25) is 0 Å². The van der Waals surface area contributed by atoms with E-state index in [1.54, 1.807) is 0 Å². The number of rotatable bonds is 6. The summed E-state index contributed by atoms with van der Waals surface area (Å²) in [6.45, 7) is 2.57. The van der Waals surface area contributed by atoms with Gasteiger partial charge < -0.3 is 10.5 Å². The molecule has 0 unspecified atom stereocenters. The molecule has 0 radical (unpaired) electrons. The minimum Gasteiger partial charge on any atom is -0.411 e. The topological polar surface area (TPSA) is 61.7 Å². The van der Waals surface area contributed by atoms with Gasteiger partial charge in [-0.15, -0.1) is 0 Å². The predicted octanol–water partition coefficient (Wildman–Crippen LogP) is 2.30. The molecule has 0 aliphatic heterocycles. The Morgan fingerprint density at radius 3 is 3.06 bits per heavy atom. The Labute approximate surface area is 101 Å². The van der Waals surface area contributed by atoms with Gasteiger partial charge in [0.05, 0.1) is 6.21 Å². The van der Waals surface area contributed by atoms with Gasteiger partial charge in [0.1, 0.15) is 0 Å². The Hall–Kier alpha value is -1.84. The van der Waals surface area contributed by atoms with Gasteiger partial charge in [-0.25, -0.2) is 0 Å². The third kappa shape index (κ3) is 5.15. The molecule has 92 valence electrons. The van der Waals surface area contributed by atoms with Gasteiger partial charge in [-0.05, 0) is 23.6 Å². The van der Waals surface area contributed by atoms with Crippen LogP contribution in [-0.2, 0) is 11.3 Å². The van der Waals surface area contributed by atoms with E-state index < -0.39 is 0 Å². The average molecular weight is 234 g/mol. The molecule has 0 aliphatic rings. The van der Waals surface area contributed by atoms with Crippen LogP contribution in [0.25, 0.3) is 0 Å². The van der Waals surface area contributed by atoms with Crippen molar-refractivity contribution in [3.8, 4) is 0 Å². The maximum atomic E-state index is 11.4. The Bertz CT molecular complexity index is 389. The second-order valence-electron chi connectivity index (χ2n) is 3.87. The molecule has 1 rings (SSSR count). The number of hydrogen-bond acceptors (Lipinski definition) is 3. The molecule has 1 amide bonds. The van der Waals surface area contributed by atoms with E-state index in [0.717, 1.165) is 24.0 Å². The minimum absolute atomic E-state index is 0.0769. The summed E-state index contributed by atoms with van der Waals surface area (Å²) in [7, 11) is 0. The highest BCUT2D eigenvalue weighted by Gasteiger charge is 2.00. The summed E-state index contributed by atoms with van der Waals surface area (Å²) < 4.78 is 0. The number of nitrogens with zero attached hydrogens (tertiary/aromatic N) is 1. The van der Waals surface area contributed by atoms with Gasteiger partial charge in [0.25, 0.3) is 0 Å². The van der Waals surface area contributed by atoms with Crippen LogP contribution < -0.4 is 5.32 Å². The van der Waals surface area contributed by atoms with E-state index in [0.29, 0.717) is 13.0 Å². The lowest BCUT2D eigenvalue weighted by atomic mass is 10.1. The minimum atomic E-state index is 0.0769. The maximum absolute atomic E-state index is 11.4. The van der Waals surface area contributed by atoms with Gasteiger partial charge in [-0.1, -0.05) is 36.7 Å². The first-order chi connectivity index (χ1) is 8.26. The van der Waals surface area contributed by atoms with E-state index in [2.05, 4.69) is 17.4 Å². The number of benzene rings is 1. The monoisotopic (exact) mass is 234 g/mol. The van der Waals surface area contributed by atoms with Crippen molar-refractivity contribution in [3.63, 3.8) is 0 Å². The molecule has 0 saturated heterocycles. The molecule has 2 N–H and O–H groups in total. The number of oxime groups is 1. The molecule has 17 heavy (non-hydrogen) atoms. The average Bonchev–Trinajstić information content (AvgIpc) is 2.35. The third-order valence-corrected chi connectivity index (χ3v) is 2.40. The van der Waals surface area contributed by atoms with Crippen LogP contribution in [0.1, 0.15) is 37.3 Å². The van der Waals surface area contributed by atoms with Crippen LogP contribution in [0.4, 0.5) is 0 Å². The maximum Gasteiger partial charge on any atom is 0.220 e. The molecule has 0 heterocycles. The standard InChI is InChI=1S/C13H18N2O2/c1-2-3-7-13(16)14-9-11-5-4-6-12(8-11)10-15-17/h4-6,8,10,17H,2-3,7,9H2,1H3,(H,14,16)/b15-10+. The summed E-state index contributed by atoms with van der Waals surface area (Å²) in [5.41, 5.74) is 1.81. The summed E-state index contributed by atoms with van der Waals surface area (Å²) in [6.07, 6.45) is 3.88. The zero-order valence-corrected chi connectivity index (χ0v) is 10.0. The van der Waals surface area contributed by atoms with Crippen LogP contribution in [0.5, 0.6) is 0 Å². The van der Waals surface area contributed by atoms with E-state index in [1.807, 2.05) is 24.3 Å². The summed E-state index contributed by atoms with van der Waals surface area (Å²) in [5.74, 6) is 0.0769. The second-order valence-corrected chi connectivity index (χ2v) is 3.87. The van der Waals surface area contributed by atoms with Crippen LogP contribution in [0, 0.1) is 0 Å². The van der Waals surface area contributed by atoms with Crippen molar-refractivity contribution in [2.24, 2.45) is 5.16 Å². The van der Waals surface area contributed by atoms with Crippen molar-refractivity contribution < 1.29 is 10.0 Å². The van der Waals surface area contributed by atoms with E-state index in [-0.39, 0.29) is 5.91 Å². The summed E-state index contributed by atoms with van der Waals surface area (Å²) in [6, 6.07) is 7.50. The van der Waals surface area contributed by atoms with Gasteiger partial charge in [0, 0.05) is 13.0 Å². The molecule has 0 aliphatic carbocycles. The quantitative estimate of drug-likeness (QED) is 0.450. The molecule has 0 bridgehead atoms. The zero-order valence-electron chi connectivity index (χ0n) is 10.0. The van der Waals surface area contributed by atoms with Crippen LogP contribution in [-0.4, -0.2) is 17.3 Å². The Kier molecular flexibility index (Phi) is 5.79.